The zero-order valence-corrected chi connectivity index (χ0v) is 18.6. The molecule has 1 fully saturated rings. The van der Waals surface area contributed by atoms with Crippen molar-refractivity contribution in [2.45, 2.75) is 50.1 Å². The quantitative estimate of drug-likeness (QED) is 0.750. The SMILES string of the molecule is CNc1nc(C2CCCCN2S(=O)(=O)c2ccc(OC)c(C)c2)nc2c1CNCC2. The van der Waals surface area contributed by atoms with Crippen LogP contribution >= 0.6 is 0 Å². The van der Waals surface area contributed by atoms with E-state index >= 15 is 0 Å². The van der Waals surface area contributed by atoms with E-state index in [0.717, 1.165) is 55.0 Å². The Bertz CT molecular complexity index is 1020. The Morgan fingerprint density at radius 1 is 1.27 bits per heavy atom. The van der Waals surface area contributed by atoms with Gasteiger partial charge in [0, 0.05) is 38.7 Å². The minimum Gasteiger partial charge on any atom is -0.496 e. The summed E-state index contributed by atoms with van der Waals surface area (Å²) in [5.74, 6) is 2.05. The molecule has 162 valence electrons. The van der Waals surface area contributed by atoms with Gasteiger partial charge in [-0.25, -0.2) is 18.4 Å². The monoisotopic (exact) mass is 431 g/mol. The van der Waals surface area contributed by atoms with E-state index in [2.05, 4.69) is 10.6 Å². The lowest BCUT2D eigenvalue weighted by molar-refractivity contribution is 0.246. The minimum atomic E-state index is -3.68. The average molecular weight is 432 g/mol. The van der Waals surface area contributed by atoms with Crippen molar-refractivity contribution in [1.29, 1.82) is 0 Å². The Morgan fingerprint density at radius 3 is 2.83 bits per heavy atom. The highest BCUT2D eigenvalue weighted by Gasteiger charge is 2.37. The molecule has 0 radical (unpaired) electrons. The van der Waals surface area contributed by atoms with E-state index in [1.54, 1.807) is 29.6 Å². The molecule has 1 aromatic heterocycles. The molecule has 2 N–H and O–H groups in total. The number of nitrogens with zero attached hydrogens (tertiary/aromatic N) is 3. The topological polar surface area (TPSA) is 96.5 Å². The molecule has 0 saturated carbocycles. The van der Waals surface area contributed by atoms with Gasteiger partial charge in [-0.05, 0) is 43.5 Å². The van der Waals surface area contributed by atoms with Crippen LogP contribution in [0.4, 0.5) is 5.82 Å². The Labute approximate surface area is 178 Å². The highest BCUT2D eigenvalue weighted by molar-refractivity contribution is 7.89. The lowest BCUT2D eigenvalue weighted by Crippen LogP contribution is -2.39. The summed E-state index contributed by atoms with van der Waals surface area (Å²) in [4.78, 5) is 9.85. The summed E-state index contributed by atoms with van der Waals surface area (Å²) < 4.78 is 34.0. The van der Waals surface area contributed by atoms with Crippen LogP contribution in [-0.4, -0.2) is 49.9 Å². The number of aromatic nitrogens is 2. The van der Waals surface area contributed by atoms with Crippen LogP contribution in [0.25, 0.3) is 0 Å². The molecule has 0 amide bonds. The molecule has 30 heavy (non-hydrogen) atoms. The van der Waals surface area contributed by atoms with Gasteiger partial charge in [0.2, 0.25) is 10.0 Å². The Balaban J connectivity index is 1.74. The van der Waals surface area contributed by atoms with Crippen molar-refractivity contribution in [3.63, 3.8) is 0 Å². The second-order valence-electron chi connectivity index (χ2n) is 7.79. The molecule has 2 aliphatic rings. The number of methoxy groups -OCH3 is 1. The Hall–Kier alpha value is -2.23. The van der Waals surface area contributed by atoms with E-state index in [1.807, 2.05) is 14.0 Å². The van der Waals surface area contributed by atoms with Crippen LogP contribution in [0.5, 0.6) is 5.75 Å². The lowest BCUT2D eigenvalue weighted by Gasteiger charge is -2.34. The number of hydrogen-bond donors (Lipinski definition) is 2. The van der Waals surface area contributed by atoms with Gasteiger partial charge in [0.1, 0.15) is 17.4 Å². The van der Waals surface area contributed by atoms with Crippen molar-refractivity contribution in [3.8, 4) is 5.75 Å². The predicted octanol–water partition coefficient (Wildman–Crippen LogP) is 2.40. The summed E-state index contributed by atoms with van der Waals surface area (Å²) >= 11 is 0. The second kappa shape index (κ2) is 8.49. The van der Waals surface area contributed by atoms with E-state index in [-0.39, 0.29) is 10.9 Å². The maximum atomic E-state index is 13.6. The zero-order chi connectivity index (χ0) is 21.3. The van der Waals surface area contributed by atoms with Crippen molar-refractivity contribution < 1.29 is 13.2 Å². The number of hydrogen-bond acceptors (Lipinski definition) is 7. The largest absolute Gasteiger partial charge is 0.496 e. The van der Waals surface area contributed by atoms with Crippen molar-refractivity contribution in [2.75, 3.05) is 32.6 Å². The smallest absolute Gasteiger partial charge is 0.243 e. The third-order valence-electron chi connectivity index (χ3n) is 5.91. The third-order valence-corrected chi connectivity index (χ3v) is 7.82. The van der Waals surface area contributed by atoms with E-state index in [4.69, 9.17) is 14.7 Å². The molecule has 2 aliphatic heterocycles. The van der Waals surface area contributed by atoms with Crippen LogP contribution < -0.4 is 15.4 Å². The molecule has 1 unspecified atom stereocenters. The fraction of sp³-hybridized carbons (Fsp3) is 0.524. The van der Waals surface area contributed by atoms with Gasteiger partial charge < -0.3 is 15.4 Å². The van der Waals surface area contributed by atoms with Crippen molar-refractivity contribution in [1.82, 2.24) is 19.6 Å². The van der Waals surface area contributed by atoms with Crippen LogP contribution in [0.2, 0.25) is 0 Å². The van der Waals surface area contributed by atoms with Crippen LogP contribution in [0.1, 0.15) is 47.9 Å². The normalized spacial score (nSPS) is 19.9. The van der Waals surface area contributed by atoms with Gasteiger partial charge in [0.25, 0.3) is 0 Å². The molecule has 1 aromatic carbocycles. The first kappa shape index (κ1) is 21.0. The lowest BCUT2D eigenvalue weighted by atomic mass is 10.0. The van der Waals surface area contributed by atoms with E-state index < -0.39 is 10.0 Å². The molecule has 0 aliphatic carbocycles. The number of fused-ring (bicyclic) bond motifs is 1. The molecule has 9 heteroatoms. The summed E-state index contributed by atoms with van der Waals surface area (Å²) in [6, 6.07) is 4.64. The molecule has 0 bridgehead atoms. The summed E-state index contributed by atoms with van der Waals surface area (Å²) in [6.07, 6.45) is 3.32. The Kier molecular flexibility index (Phi) is 5.95. The molecule has 0 spiro atoms. The second-order valence-corrected chi connectivity index (χ2v) is 9.68. The van der Waals surface area contributed by atoms with Gasteiger partial charge in [0.15, 0.2) is 0 Å². The highest BCUT2D eigenvalue weighted by atomic mass is 32.2. The van der Waals surface area contributed by atoms with E-state index in [9.17, 15) is 8.42 Å². The Morgan fingerprint density at radius 2 is 2.10 bits per heavy atom. The molecular formula is C21H29N5O3S. The van der Waals surface area contributed by atoms with Crippen molar-refractivity contribution >= 4 is 15.8 Å². The number of ether oxygens (including phenoxy) is 1. The number of benzene rings is 1. The summed E-state index contributed by atoms with van der Waals surface area (Å²) in [5, 5.41) is 6.51. The first-order chi connectivity index (χ1) is 14.5. The molecule has 8 nitrogen and oxygen atoms in total. The fourth-order valence-electron chi connectivity index (χ4n) is 4.32. The van der Waals surface area contributed by atoms with Gasteiger partial charge in [-0.2, -0.15) is 4.31 Å². The minimum absolute atomic E-state index is 0.281. The van der Waals surface area contributed by atoms with Crippen LogP contribution in [0, 0.1) is 6.92 Å². The maximum absolute atomic E-state index is 13.6. The third kappa shape index (κ3) is 3.77. The molecule has 2 aromatic rings. The summed E-state index contributed by atoms with van der Waals surface area (Å²) in [5.41, 5.74) is 2.87. The van der Waals surface area contributed by atoms with Gasteiger partial charge in [0.05, 0.1) is 23.7 Å². The number of aryl methyl sites for hydroxylation is 1. The molecule has 3 heterocycles. The predicted molar refractivity (Wildman–Crippen MR) is 115 cm³/mol. The number of rotatable bonds is 5. The average Bonchev–Trinajstić information content (AvgIpc) is 2.78. The summed E-state index contributed by atoms with van der Waals surface area (Å²) in [7, 11) is -0.256. The number of sulfonamides is 1. The summed E-state index contributed by atoms with van der Waals surface area (Å²) in [6.45, 7) is 3.91. The van der Waals surface area contributed by atoms with E-state index in [0.29, 0.717) is 24.5 Å². The van der Waals surface area contributed by atoms with E-state index in [1.165, 1.54) is 0 Å². The van der Waals surface area contributed by atoms with Crippen LogP contribution in [0.15, 0.2) is 23.1 Å². The number of anilines is 1. The number of piperidine rings is 1. The van der Waals surface area contributed by atoms with Crippen LogP contribution in [0.3, 0.4) is 0 Å². The molecule has 1 atom stereocenters. The number of nitrogens with one attached hydrogen (secondary N) is 2. The van der Waals surface area contributed by atoms with Gasteiger partial charge in [-0.15, -0.1) is 0 Å². The van der Waals surface area contributed by atoms with Gasteiger partial charge in [-0.3, -0.25) is 0 Å². The first-order valence-electron chi connectivity index (χ1n) is 10.4. The van der Waals surface area contributed by atoms with Crippen molar-refractivity contribution in [2.24, 2.45) is 0 Å². The van der Waals surface area contributed by atoms with Gasteiger partial charge in [-0.1, -0.05) is 6.42 Å². The highest BCUT2D eigenvalue weighted by Crippen LogP contribution is 2.36. The molecular weight excluding hydrogens is 402 g/mol. The molecule has 1 saturated heterocycles. The van der Waals surface area contributed by atoms with Crippen LogP contribution in [-0.2, 0) is 23.0 Å². The molecule has 4 rings (SSSR count). The maximum Gasteiger partial charge on any atom is 0.243 e. The first-order valence-corrected chi connectivity index (χ1v) is 11.8. The van der Waals surface area contributed by atoms with Gasteiger partial charge >= 0.3 is 0 Å². The standard InChI is InChI=1S/C21H29N5O3S/c1-14-12-15(7-8-19(14)29-3)30(27,28)26-11-5-4-6-18(26)21-24-17-9-10-23-13-16(17)20(22-2)25-21/h7-8,12,18,23H,4-6,9-11,13H2,1-3H3,(H,22,24,25). The fourth-order valence-corrected chi connectivity index (χ4v) is 6.06. The zero-order valence-electron chi connectivity index (χ0n) is 17.7. The van der Waals surface area contributed by atoms with Crippen molar-refractivity contribution in [3.05, 3.63) is 40.8 Å².